The van der Waals surface area contributed by atoms with Crippen molar-refractivity contribution in [2.75, 3.05) is 11.5 Å². The molecule has 1 N–H and O–H groups in total. The van der Waals surface area contributed by atoms with Crippen molar-refractivity contribution in [3.8, 4) is 5.75 Å². The molecule has 10 heteroatoms. The third-order valence-electron chi connectivity index (χ3n) is 6.26. The molecule has 1 aliphatic rings. The Morgan fingerprint density at radius 1 is 1.10 bits per heavy atom. The summed E-state index contributed by atoms with van der Waals surface area (Å²) >= 11 is 8.94. The van der Waals surface area contributed by atoms with Gasteiger partial charge in [-0.1, -0.05) is 108 Å². The van der Waals surface area contributed by atoms with Gasteiger partial charge in [-0.2, -0.15) is 0 Å². The van der Waals surface area contributed by atoms with E-state index in [2.05, 4.69) is 10.2 Å². The number of hydrogen-bond acceptors (Lipinski definition) is 8. The Bertz CT molecular complexity index is 1620. The second kappa shape index (κ2) is 13.2. The number of benzene rings is 3. The van der Waals surface area contributed by atoms with Crippen molar-refractivity contribution in [3.63, 3.8) is 0 Å². The molecule has 41 heavy (non-hydrogen) atoms. The van der Waals surface area contributed by atoms with E-state index in [1.165, 1.54) is 34.1 Å². The molecule has 0 spiro atoms. The monoisotopic (exact) mass is 603 g/mol. The fourth-order valence-corrected chi connectivity index (χ4v) is 6.46. The van der Waals surface area contributed by atoms with Gasteiger partial charge in [0, 0.05) is 10.8 Å². The highest BCUT2D eigenvalue weighted by Crippen LogP contribution is 2.44. The molecule has 1 atom stereocenters. The van der Waals surface area contributed by atoms with Crippen molar-refractivity contribution in [2.24, 2.45) is 0 Å². The molecule has 7 nitrogen and oxygen atoms in total. The fourth-order valence-electron chi connectivity index (χ4n) is 4.30. The molecule has 1 aromatic heterocycles. The van der Waals surface area contributed by atoms with Crippen LogP contribution in [0.15, 0.2) is 101 Å². The Morgan fingerprint density at radius 2 is 1.88 bits per heavy atom. The maximum Gasteiger partial charge on any atom is 0.296 e. The molecule has 0 aliphatic carbocycles. The van der Waals surface area contributed by atoms with Gasteiger partial charge in [-0.25, -0.2) is 0 Å². The normalized spacial score (nSPS) is 15.2. The lowest BCUT2D eigenvalue weighted by molar-refractivity contribution is -0.117. The number of ether oxygens (including phenoxy) is 1. The van der Waals surface area contributed by atoms with Crippen LogP contribution in [0.25, 0.3) is 6.08 Å². The van der Waals surface area contributed by atoms with Gasteiger partial charge in [-0.15, -0.1) is 10.2 Å². The summed E-state index contributed by atoms with van der Waals surface area (Å²) < 4.78 is 6.44. The summed E-state index contributed by atoms with van der Waals surface area (Å²) in [6, 6.07) is 23.1. The first-order chi connectivity index (χ1) is 20.0. The molecular formula is C31H26ClN3O4S2. The number of halogens is 1. The summed E-state index contributed by atoms with van der Waals surface area (Å²) in [5, 5.41) is 20.5. The van der Waals surface area contributed by atoms with Crippen molar-refractivity contribution in [1.82, 2.24) is 10.2 Å². The highest BCUT2D eigenvalue weighted by atomic mass is 35.5. The van der Waals surface area contributed by atoms with Crippen LogP contribution in [0.1, 0.15) is 36.1 Å². The first-order valence-electron chi connectivity index (χ1n) is 12.9. The predicted octanol–water partition coefficient (Wildman–Crippen LogP) is 7.46. The van der Waals surface area contributed by atoms with E-state index in [1.807, 2.05) is 67.6 Å². The number of aliphatic hydroxyl groups excluding tert-OH is 1. The number of aromatic nitrogens is 2. The summed E-state index contributed by atoms with van der Waals surface area (Å²) in [4.78, 5) is 28.3. The van der Waals surface area contributed by atoms with Gasteiger partial charge < -0.3 is 9.84 Å². The van der Waals surface area contributed by atoms with E-state index in [-0.39, 0.29) is 10.7 Å². The van der Waals surface area contributed by atoms with E-state index in [1.54, 1.807) is 24.3 Å². The first kappa shape index (κ1) is 28.6. The summed E-state index contributed by atoms with van der Waals surface area (Å²) in [7, 11) is 0. The molecule has 4 aromatic rings. The van der Waals surface area contributed by atoms with E-state index >= 15 is 0 Å². The number of ketones is 1. The van der Waals surface area contributed by atoms with Crippen LogP contribution in [0.3, 0.4) is 0 Å². The third kappa shape index (κ3) is 6.53. The van der Waals surface area contributed by atoms with Crippen LogP contribution in [0.5, 0.6) is 5.75 Å². The molecule has 3 aromatic carbocycles. The smallest absolute Gasteiger partial charge is 0.296 e. The van der Waals surface area contributed by atoms with Crippen LogP contribution in [0.2, 0.25) is 5.02 Å². The van der Waals surface area contributed by atoms with Crippen LogP contribution in [0, 0.1) is 0 Å². The van der Waals surface area contributed by atoms with Crippen molar-refractivity contribution in [3.05, 3.63) is 118 Å². The lowest BCUT2D eigenvalue weighted by Gasteiger charge is -2.24. The highest BCUT2D eigenvalue weighted by Gasteiger charge is 2.45. The Balaban J connectivity index is 1.48. The van der Waals surface area contributed by atoms with Crippen LogP contribution in [0.4, 0.5) is 5.13 Å². The zero-order chi connectivity index (χ0) is 28.8. The topological polar surface area (TPSA) is 92.6 Å². The summed E-state index contributed by atoms with van der Waals surface area (Å²) in [6.07, 6.45) is 3.85. The van der Waals surface area contributed by atoms with E-state index in [4.69, 9.17) is 16.3 Å². The van der Waals surface area contributed by atoms with Crippen LogP contribution < -0.4 is 9.64 Å². The molecule has 1 aliphatic heterocycles. The van der Waals surface area contributed by atoms with Gasteiger partial charge in [0.05, 0.1) is 18.2 Å². The standard InChI is InChI=1S/C31H26ClN3O4S2/c1-2-17-39-23-13-8-12-21(18-23)27-26(25(36)16-15-20-9-4-3-5-10-20)28(37)29(38)35(27)30-33-34-31(41-30)40-19-22-11-6-7-14-24(22)32/h3-16,18,27,37H,2,17,19H2,1H3/b16-15+. The number of aliphatic hydroxyl groups is 1. The third-order valence-corrected chi connectivity index (χ3v) is 8.73. The molecular weight excluding hydrogens is 578 g/mol. The second-order valence-electron chi connectivity index (χ2n) is 9.10. The summed E-state index contributed by atoms with van der Waals surface area (Å²) in [5.41, 5.74) is 2.34. The van der Waals surface area contributed by atoms with Gasteiger partial charge in [0.2, 0.25) is 5.13 Å². The van der Waals surface area contributed by atoms with Crippen molar-refractivity contribution in [1.29, 1.82) is 0 Å². The molecule has 0 saturated carbocycles. The molecule has 5 rings (SSSR count). The Labute approximate surface area is 251 Å². The van der Waals surface area contributed by atoms with Gasteiger partial charge in [-0.05, 0) is 47.4 Å². The van der Waals surface area contributed by atoms with Crippen LogP contribution in [-0.4, -0.2) is 33.6 Å². The zero-order valence-corrected chi connectivity index (χ0v) is 24.5. The average Bonchev–Trinajstić information content (AvgIpc) is 3.57. The number of anilines is 1. The molecule has 2 heterocycles. The van der Waals surface area contributed by atoms with E-state index in [0.29, 0.717) is 33.0 Å². The quantitative estimate of drug-likeness (QED) is 0.108. The van der Waals surface area contributed by atoms with E-state index < -0.39 is 23.5 Å². The molecule has 208 valence electrons. The highest BCUT2D eigenvalue weighted by molar-refractivity contribution is 8.00. The van der Waals surface area contributed by atoms with Gasteiger partial charge in [0.15, 0.2) is 15.9 Å². The first-order valence-corrected chi connectivity index (χ1v) is 15.1. The minimum absolute atomic E-state index is 0.0321. The number of carbonyl (C=O) groups excluding carboxylic acids is 2. The van der Waals surface area contributed by atoms with Crippen molar-refractivity contribution in [2.45, 2.75) is 29.5 Å². The number of rotatable bonds is 11. The van der Waals surface area contributed by atoms with E-state index in [0.717, 1.165) is 17.5 Å². The molecule has 0 fully saturated rings. The van der Waals surface area contributed by atoms with E-state index in [9.17, 15) is 14.7 Å². The number of carbonyl (C=O) groups is 2. The molecule has 0 saturated heterocycles. The number of amides is 1. The minimum atomic E-state index is -0.921. The van der Waals surface area contributed by atoms with Gasteiger partial charge in [-0.3, -0.25) is 14.5 Å². The second-order valence-corrected chi connectivity index (χ2v) is 11.7. The van der Waals surface area contributed by atoms with Crippen molar-refractivity contribution >= 4 is 57.6 Å². The fraction of sp³-hybridized carbons (Fsp3) is 0.161. The Morgan fingerprint density at radius 3 is 2.66 bits per heavy atom. The van der Waals surface area contributed by atoms with Gasteiger partial charge >= 0.3 is 0 Å². The lowest BCUT2D eigenvalue weighted by atomic mass is 9.95. The zero-order valence-electron chi connectivity index (χ0n) is 22.1. The molecule has 1 unspecified atom stereocenters. The molecule has 1 amide bonds. The number of hydrogen-bond donors (Lipinski definition) is 1. The lowest BCUT2D eigenvalue weighted by Crippen LogP contribution is -2.30. The van der Waals surface area contributed by atoms with Gasteiger partial charge in [0.1, 0.15) is 5.75 Å². The Hall–Kier alpha value is -3.92. The largest absolute Gasteiger partial charge is 0.503 e. The Kier molecular flexibility index (Phi) is 9.18. The summed E-state index contributed by atoms with van der Waals surface area (Å²) in [6.45, 7) is 2.53. The molecule has 0 bridgehead atoms. The summed E-state index contributed by atoms with van der Waals surface area (Å²) in [5.74, 6) is -0.642. The SMILES string of the molecule is CCCOc1cccc(C2C(C(=O)/C=C/c3ccccc3)=C(O)C(=O)N2c2nnc(SCc3ccccc3Cl)s2)c1. The van der Waals surface area contributed by atoms with Crippen LogP contribution in [-0.2, 0) is 15.3 Å². The minimum Gasteiger partial charge on any atom is -0.503 e. The number of allylic oxidation sites excluding steroid dienone is 1. The molecule has 0 radical (unpaired) electrons. The average molecular weight is 604 g/mol. The number of nitrogens with zero attached hydrogens (tertiary/aromatic N) is 3. The maximum atomic E-state index is 13.5. The maximum absolute atomic E-state index is 13.5. The van der Waals surface area contributed by atoms with Crippen molar-refractivity contribution < 1.29 is 19.4 Å². The van der Waals surface area contributed by atoms with Crippen LogP contribution >= 0.6 is 34.7 Å². The van der Waals surface area contributed by atoms with Gasteiger partial charge in [0.25, 0.3) is 5.91 Å². The number of thioether (sulfide) groups is 1. The predicted molar refractivity (Wildman–Crippen MR) is 164 cm³/mol.